The second-order valence-electron chi connectivity index (χ2n) is 5.65. The van der Waals surface area contributed by atoms with E-state index in [4.69, 9.17) is 9.47 Å². The third-order valence-electron chi connectivity index (χ3n) is 4.01. The molecule has 0 saturated carbocycles. The van der Waals surface area contributed by atoms with Crippen molar-refractivity contribution in [2.45, 2.75) is 23.8 Å². The molecular weight excluding hydrogens is 339 g/mol. The van der Waals surface area contributed by atoms with Crippen LogP contribution in [0.5, 0.6) is 0 Å². The number of anilines is 1. The summed E-state index contributed by atoms with van der Waals surface area (Å²) < 4.78 is 50.9. The summed E-state index contributed by atoms with van der Waals surface area (Å²) in [5.41, 5.74) is 0.226. The molecule has 0 radical (unpaired) electrons. The largest absolute Gasteiger partial charge is 0.379 e. The van der Waals surface area contributed by atoms with Crippen LogP contribution < -0.4 is 5.32 Å². The van der Waals surface area contributed by atoms with Crippen molar-refractivity contribution in [3.63, 3.8) is 0 Å². The number of hydrogen-bond acceptors (Lipinski definition) is 5. The summed E-state index contributed by atoms with van der Waals surface area (Å²) in [6.45, 7) is 1.42. The van der Waals surface area contributed by atoms with E-state index in [2.05, 4.69) is 5.32 Å². The highest BCUT2D eigenvalue weighted by Crippen LogP contribution is 2.24. The average molecular weight is 358 g/mol. The van der Waals surface area contributed by atoms with Gasteiger partial charge in [-0.3, -0.25) is 4.79 Å². The number of nitrogens with zero attached hydrogens (tertiary/aromatic N) is 1. The Morgan fingerprint density at radius 3 is 2.67 bits per heavy atom. The zero-order valence-corrected chi connectivity index (χ0v) is 13.9. The van der Waals surface area contributed by atoms with E-state index in [9.17, 15) is 17.6 Å². The highest BCUT2D eigenvalue weighted by atomic mass is 32.2. The molecule has 0 spiro atoms. The van der Waals surface area contributed by atoms with Gasteiger partial charge in [-0.05, 0) is 31.0 Å². The van der Waals surface area contributed by atoms with Crippen molar-refractivity contribution in [1.82, 2.24) is 4.31 Å². The zero-order chi connectivity index (χ0) is 17.2. The van der Waals surface area contributed by atoms with Crippen LogP contribution in [0.4, 0.5) is 10.1 Å². The van der Waals surface area contributed by atoms with E-state index in [1.165, 1.54) is 10.4 Å². The van der Waals surface area contributed by atoms with Crippen molar-refractivity contribution in [3.8, 4) is 0 Å². The minimum absolute atomic E-state index is 0.175. The van der Waals surface area contributed by atoms with Crippen molar-refractivity contribution in [1.29, 1.82) is 0 Å². The fraction of sp³-hybridized carbons (Fsp3) is 0.533. The predicted octanol–water partition coefficient (Wildman–Crippen LogP) is 0.964. The molecule has 2 aliphatic rings. The summed E-state index contributed by atoms with van der Waals surface area (Å²) in [6, 6.07) is 3.52. The standard InChI is InChI=1S/C15H19FN2O5S/c16-12-4-3-11(17-15(19)13-2-1-7-23-13)10-14(12)24(20,21)18-5-8-22-9-6-18/h3-4,10,13H,1-2,5-9H2,(H,17,19). The van der Waals surface area contributed by atoms with Gasteiger partial charge in [0.25, 0.3) is 5.91 Å². The fourth-order valence-electron chi connectivity index (χ4n) is 2.71. The van der Waals surface area contributed by atoms with E-state index in [0.717, 1.165) is 18.6 Å². The van der Waals surface area contributed by atoms with E-state index >= 15 is 0 Å². The quantitative estimate of drug-likeness (QED) is 0.867. The molecule has 1 atom stereocenters. The van der Waals surface area contributed by atoms with Crippen LogP contribution in [0.3, 0.4) is 0 Å². The molecule has 1 amide bonds. The Morgan fingerprint density at radius 1 is 1.25 bits per heavy atom. The average Bonchev–Trinajstić information content (AvgIpc) is 3.12. The van der Waals surface area contributed by atoms with Gasteiger partial charge in [0.15, 0.2) is 0 Å². The lowest BCUT2D eigenvalue weighted by Gasteiger charge is -2.26. The smallest absolute Gasteiger partial charge is 0.253 e. The molecule has 132 valence electrons. The van der Waals surface area contributed by atoms with E-state index in [1.54, 1.807) is 0 Å². The first-order valence-electron chi connectivity index (χ1n) is 7.78. The molecule has 7 nitrogen and oxygen atoms in total. The Hall–Kier alpha value is -1.55. The molecule has 3 rings (SSSR count). The van der Waals surface area contributed by atoms with E-state index in [0.29, 0.717) is 13.0 Å². The predicted molar refractivity (Wildman–Crippen MR) is 83.6 cm³/mol. The summed E-state index contributed by atoms with van der Waals surface area (Å²) in [7, 11) is -3.97. The fourth-order valence-corrected chi connectivity index (χ4v) is 4.21. The molecule has 0 aromatic heterocycles. The number of amides is 1. The first kappa shape index (κ1) is 17.3. The van der Waals surface area contributed by atoms with Gasteiger partial charge in [0.05, 0.1) is 13.2 Å². The topological polar surface area (TPSA) is 84.9 Å². The summed E-state index contributed by atoms with van der Waals surface area (Å²) in [4.78, 5) is 11.6. The molecule has 0 bridgehead atoms. The minimum Gasteiger partial charge on any atom is -0.379 e. The van der Waals surface area contributed by atoms with E-state index < -0.39 is 26.8 Å². The van der Waals surface area contributed by atoms with E-state index in [-0.39, 0.29) is 37.9 Å². The number of sulfonamides is 1. The van der Waals surface area contributed by atoms with Crippen LogP contribution in [-0.2, 0) is 24.3 Å². The first-order valence-corrected chi connectivity index (χ1v) is 9.22. The van der Waals surface area contributed by atoms with Gasteiger partial charge in [-0.1, -0.05) is 0 Å². The Balaban J connectivity index is 1.81. The highest BCUT2D eigenvalue weighted by Gasteiger charge is 2.30. The van der Waals surface area contributed by atoms with Gasteiger partial charge in [-0.2, -0.15) is 4.31 Å². The van der Waals surface area contributed by atoms with Gasteiger partial charge in [0.2, 0.25) is 10.0 Å². The Labute approximate surface area is 139 Å². The molecule has 0 aliphatic carbocycles. The number of halogens is 1. The molecule has 2 saturated heterocycles. The SMILES string of the molecule is O=C(Nc1ccc(F)c(S(=O)(=O)N2CCOCC2)c1)C1CCCO1. The third-order valence-corrected chi connectivity index (χ3v) is 5.92. The lowest BCUT2D eigenvalue weighted by molar-refractivity contribution is -0.124. The number of hydrogen-bond donors (Lipinski definition) is 1. The van der Waals surface area contributed by atoms with Gasteiger partial charge in [0, 0.05) is 25.4 Å². The number of benzene rings is 1. The van der Waals surface area contributed by atoms with Crippen LogP contribution in [0.2, 0.25) is 0 Å². The maximum absolute atomic E-state index is 14.1. The number of morpholine rings is 1. The highest BCUT2D eigenvalue weighted by molar-refractivity contribution is 7.89. The molecule has 1 unspecified atom stereocenters. The van der Waals surface area contributed by atoms with Gasteiger partial charge in [-0.25, -0.2) is 12.8 Å². The Bertz CT molecular complexity index is 713. The monoisotopic (exact) mass is 358 g/mol. The molecule has 2 fully saturated rings. The molecule has 9 heteroatoms. The molecule has 2 aliphatic heterocycles. The number of carbonyl (C=O) groups excluding carboxylic acids is 1. The second-order valence-corrected chi connectivity index (χ2v) is 7.56. The lowest BCUT2D eigenvalue weighted by Crippen LogP contribution is -2.41. The molecule has 24 heavy (non-hydrogen) atoms. The summed E-state index contributed by atoms with van der Waals surface area (Å²) in [6.07, 6.45) is 0.874. The minimum atomic E-state index is -3.97. The molecule has 1 aromatic rings. The number of nitrogens with one attached hydrogen (secondary N) is 1. The van der Waals surface area contributed by atoms with Crippen molar-refractivity contribution in [2.75, 3.05) is 38.2 Å². The van der Waals surface area contributed by atoms with Crippen LogP contribution >= 0.6 is 0 Å². The third kappa shape index (κ3) is 3.59. The van der Waals surface area contributed by atoms with Crippen LogP contribution in [0, 0.1) is 5.82 Å². The number of rotatable bonds is 4. The van der Waals surface area contributed by atoms with Gasteiger partial charge >= 0.3 is 0 Å². The van der Waals surface area contributed by atoms with Crippen molar-refractivity contribution >= 4 is 21.6 Å². The normalized spacial score (nSPS) is 22.5. The first-order chi connectivity index (χ1) is 11.5. The second kappa shape index (κ2) is 7.14. The van der Waals surface area contributed by atoms with E-state index in [1.807, 2.05) is 0 Å². The Morgan fingerprint density at radius 2 is 2.00 bits per heavy atom. The van der Waals surface area contributed by atoms with Crippen molar-refractivity contribution < 1.29 is 27.1 Å². The van der Waals surface area contributed by atoms with Crippen LogP contribution in [-0.4, -0.2) is 57.6 Å². The molecule has 2 heterocycles. The summed E-state index contributed by atoms with van der Waals surface area (Å²) >= 11 is 0. The lowest BCUT2D eigenvalue weighted by atomic mass is 10.2. The maximum atomic E-state index is 14.1. The van der Waals surface area contributed by atoms with Gasteiger partial charge in [0.1, 0.15) is 16.8 Å². The van der Waals surface area contributed by atoms with Crippen molar-refractivity contribution in [3.05, 3.63) is 24.0 Å². The zero-order valence-electron chi connectivity index (χ0n) is 13.0. The van der Waals surface area contributed by atoms with Crippen molar-refractivity contribution in [2.24, 2.45) is 0 Å². The van der Waals surface area contributed by atoms with Crippen LogP contribution in [0.15, 0.2) is 23.1 Å². The molecule has 1 aromatic carbocycles. The maximum Gasteiger partial charge on any atom is 0.253 e. The molecule has 1 N–H and O–H groups in total. The molecular formula is C15H19FN2O5S. The summed E-state index contributed by atoms with van der Waals surface area (Å²) in [5, 5.41) is 2.59. The Kier molecular flexibility index (Phi) is 5.14. The number of carbonyl (C=O) groups is 1. The van der Waals surface area contributed by atoms with Gasteiger partial charge in [-0.15, -0.1) is 0 Å². The summed E-state index contributed by atoms with van der Waals surface area (Å²) in [5.74, 6) is -1.20. The number of ether oxygens (including phenoxy) is 2. The van der Waals surface area contributed by atoms with Crippen LogP contribution in [0.1, 0.15) is 12.8 Å². The van der Waals surface area contributed by atoms with Gasteiger partial charge < -0.3 is 14.8 Å². The van der Waals surface area contributed by atoms with Crippen LogP contribution in [0.25, 0.3) is 0 Å².